The van der Waals surface area contributed by atoms with Gasteiger partial charge in [-0.2, -0.15) is 0 Å². The van der Waals surface area contributed by atoms with Gasteiger partial charge in [-0.3, -0.25) is 10.1 Å². The molecule has 0 fully saturated rings. The monoisotopic (exact) mass is 262 g/mol. The minimum atomic E-state index is -0.291. The second-order valence-electron chi connectivity index (χ2n) is 4.41. The van der Waals surface area contributed by atoms with Crippen LogP contribution in [0.4, 0.5) is 0 Å². The molecule has 2 aromatic heterocycles. The summed E-state index contributed by atoms with van der Waals surface area (Å²) in [5.74, 6) is 2.36. The van der Waals surface area contributed by atoms with Crippen molar-refractivity contribution in [1.82, 2.24) is 10.6 Å². The highest BCUT2D eigenvalue weighted by molar-refractivity contribution is 5.81. The van der Waals surface area contributed by atoms with Gasteiger partial charge in [0, 0.05) is 0 Å². The lowest BCUT2D eigenvalue weighted by molar-refractivity contribution is -0.123. The van der Waals surface area contributed by atoms with Crippen molar-refractivity contribution in [1.29, 1.82) is 0 Å². The average Bonchev–Trinajstić information content (AvgIpc) is 3.04. The predicted octanol–water partition coefficient (Wildman–Crippen LogP) is 1.98. The lowest BCUT2D eigenvalue weighted by Crippen LogP contribution is -2.41. The molecule has 1 atom stereocenters. The number of rotatable bonds is 6. The summed E-state index contributed by atoms with van der Waals surface area (Å²) in [6, 6.07) is 7.13. The van der Waals surface area contributed by atoms with Crippen LogP contribution in [0.15, 0.2) is 39.4 Å². The van der Waals surface area contributed by atoms with Gasteiger partial charge in [-0.25, -0.2) is 0 Å². The van der Waals surface area contributed by atoms with Gasteiger partial charge < -0.3 is 14.2 Å². The van der Waals surface area contributed by atoms with Crippen molar-refractivity contribution < 1.29 is 13.6 Å². The van der Waals surface area contributed by atoms with E-state index in [1.54, 1.807) is 12.3 Å². The van der Waals surface area contributed by atoms with Crippen LogP contribution in [0.3, 0.4) is 0 Å². The van der Waals surface area contributed by atoms with E-state index in [1.165, 1.54) is 0 Å². The van der Waals surface area contributed by atoms with E-state index in [-0.39, 0.29) is 11.9 Å². The number of furan rings is 2. The third kappa shape index (κ3) is 3.99. The van der Waals surface area contributed by atoms with E-state index in [2.05, 4.69) is 10.6 Å². The van der Waals surface area contributed by atoms with E-state index in [1.807, 2.05) is 32.0 Å². The Morgan fingerprint density at radius 3 is 2.74 bits per heavy atom. The third-order valence-electron chi connectivity index (χ3n) is 2.79. The molecule has 2 aromatic rings. The number of hydrogen-bond acceptors (Lipinski definition) is 4. The molecule has 0 spiro atoms. The van der Waals surface area contributed by atoms with Crippen LogP contribution in [0.2, 0.25) is 0 Å². The summed E-state index contributed by atoms with van der Waals surface area (Å²) in [4.78, 5) is 11.8. The SMILES string of the molecule is Cc1ccc(CNC(C)C(=O)NCc2ccco2)o1. The first-order valence-corrected chi connectivity index (χ1v) is 6.24. The summed E-state index contributed by atoms with van der Waals surface area (Å²) >= 11 is 0. The van der Waals surface area contributed by atoms with Gasteiger partial charge in [0.1, 0.15) is 17.3 Å². The van der Waals surface area contributed by atoms with Crippen molar-refractivity contribution in [2.75, 3.05) is 0 Å². The van der Waals surface area contributed by atoms with E-state index in [0.29, 0.717) is 13.1 Å². The third-order valence-corrected chi connectivity index (χ3v) is 2.79. The molecule has 102 valence electrons. The highest BCUT2D eigenvalue weighted by Crippen LogP contribution is 2.06. The Hall–Kier alpha value is -2.01. The molecular formula is C14H18N2O3. The molecular weight excluding hydrogens is 244 g/mol. The van der Waals surface area contributed by atoms with Crippen molar-refractivity contribution in [2.24, 2.45) is 0 Å². The Morgan fingerprint density at radius 2 is 2.11 bits per heavy atom. The number of aryl methyl sites for hydroxylation is 1. The number of amides is 1. The van der Waals surface area contributed by atoms with Crippen LogP contribution in [-0.4, -0.2) is 11.9 Å². The smallest absolute Gasteiger partial charge is 0.237 e. The second-order valence-corrected chi connectivity index (χ2v) is 4.41. The maximum Gasteiger partial charge on any atom is 0.237 e. The fourth-order valence-electron chi connectivity index (χ4n) is 1.67. The summed E-state index contributed by atoms with van der Waals surface area (Å²) in [5.41, 5.74) is 0. The van der Waals surface area contributed by atoms with Crippen molar-refractivity contribution in [3.05, 3.63) is 47.8 Å². The maximum atomic E-state index is 11.8. The molecule has 0 aliphatic carbocycles. The highest BCUT2D eigenvalue weighted by Gasteiger charge is 2.12. The molecule has 0 aromatic carbocycles. The van der Waals surface area contributed by atoms with E-state index in [9.17, 15) is 4.79 Å². The number of hydrogen-bond donors (Lipinski definition) is 2. The molecule has 2 rings (SSSR count). The summed E-state index contributed by atoms with van der Waals surface area (Å²) in [6.07, 6.45) is 1.59. The van der Waals surface area contributed by atoms with Crippen LogP contribution in [0.5, 0.6) is 0 Å². The molecule has 0 saturated carbocycles. The van der Waals surface area contributed by atoms with Gasteiger partial charge in [0.15, 0.2) is 0 Å². The molecule has 5 heteroatoms. The molecule has 5 nitrogen and oxygen atoms in total. The van der Waals surface area contributed by atoms with E-state index < -0.39 is 0 Å². The molecule has 0 aliphatic heterocycles. The van der Waals surface area contributed by atoms with E-state index >= 15 is 0 Å². The molecule has 2 N–H and O–H groups in total. The van der Waals surface area contributed by atoms with Gasteiger partial charge in [-0.15, -0.1) is 0 Å². The summed E-state index contributed by atoms with van der Waals surface area (Å²) in [5, 5.41) is 5.91. The van der Waals surface area contributed by atoms with Gasteiger partial charge in [0.25, 0.3) is 0 Å². The minimum Gasteiger partial charge on any atom is -0.467 e. The number of carbonyl (C=O) groups excluding carboxylic acids is 1. The zero-order chi connectivity index (χ0) is 13.7. The van der Waals surface area contributed by atoms with Gasteiger partial charge >= 0.3 is 0 Å². The van der Waals surface area contributed by atoms with E-state index in [4.69, 9.17) is 8.83 Å². The standard InChI is InChI=1S/C14H18N2O3/c1-10-5-6-13(19-10)9-15-11(2)14(17)16-8-12-4-3-7-18-12/h3-7,11,15H,8-9H2,1-2H3,(H,16,17). The van der Waals surface area contributed by atoms with Crippen LogP contribution < -0.4 is 10.6 Å². The zero-order valence-electron chi connectivity index (χ0n) is 11.1. The molecule has 0 bridgehead atoms. The first-order valence-electron chi connectivity index (χ1n) is 6.24. The summed E-state index contributed by atoms with van der Waals surface area (Å²) in [6.45, 7) is 4.64. The normalized spacial score (nSPS) is 12.3. The van der Waals surface area contributed by atoms with Crippen LogP contribution in [-0.2, 0) is 17.9 Å². The molecule has 19 heavy (non-hydrogen) atoms. The first-order chi connectivity index (χ1) is 9.15. The van der Waals surface area contributed by atoms with Gasteiger partial charge in [-0.05, 0) is 38.1 Å². The van der Waals surface area contributed by atoms with Crippen molar-refractivity contribution in [3.63, 3.8) is 0 Å². The maximum absolute atomic E-state index is 11.8. The Balaban J connectivity index is 1.73. The van der Waals surface area contributed by atoms with Crippen LogP contribution in [0, 0.1) is 6.92 Å². The van der Waals surface area contributed by atoms with E-state index in [0.717, 1.165) is 17.3 Å². The minimum absolute atomic E-state index is 0.0697. The molecule has 2 heterocycles. The fourth-order valence-corrected chi connectivity index (χ4v) is 1.67. The Kier molecular flexibility index (Phi) is 4.41. The highest BCUT2D eigenvalue weighted by atomic mass is 16.3. The van der Waals surface area contributed by atoms with Crippen molar-refractivity contribution in [3.8, 4) is 0 Å². The lowest BCUT2D eigenvalue weighted by atomic mass is 10.3. The summed E-state index contributed by atoms with van der Waals surface area (Å²) in [7, 11) is 0. The molecule has 0 radical (unpaired) electrons. The van der Waals surface area contributed by atoms with Gasteiger partial charge in [0.05, 0.1) is 25.4 Å². The largest absolute Gasteiger partial charge is 0.467 e. The van der Waals surface area contributed by atoms with Crippen LogP contribution in [0.25, 0.3) is 0 Å². The number of nitrogens with one attached hydrogen (secondary N) is 2. The predicted molar refractivity (Wildman–Crippen MR) is 70.3 cm³/mol. The molecule has 1 unspecified atom stereocenters. The Morgan fingerprint density at radius 1 is 1.26 bits per heavy atom. The molecule has 0 aliphatic rings. The number of carbonyl (C=O) groups is 1. The van der Waals surface area contributed by atoms with Crippen molar-refractivity contribution >= 4 is 5.91 Å². The Bertz CT molecular complexity index is 517. The Labute approximate surface area is 112 Å². The zero-order valence-corrected chi connectivity index (χ0v) is 11.1. The van der Waals surface area contributed by atoms with Crippen LogP contribution in [0.1, 0.15) is 24.2 Å². The fraction of sp³-hybridized carbons (Fsp3) is 0.357. The van der Waals surface area contributed by atoms with Crippen LogP contribution >= 0.6 is 0 Å². The molecule has 0 saturated heterocycles. The first kappa shape index (κ1) is 13.4. The quantitative estimate of drug-likeness (QED) is 0.835. The average molecular weight is 262 g/mol. The topological polar surface area (TPSA) is 67.4 Å². The van der Waals surface area contributed by atoms with Crippen molar-refractivity contribution in [2.45, 2.75) is 33.0 Å². The molecule has 1 amide bonds. The summed E-state index contributed by atoms with van der Waals surface area (Å²) < 4.78 is 10.6. The lowest BCUT2D eigenvalue weighted by Gasteiger charge is -2.12. The van der Waals surface area contributed by atoms with Gasteiger partial charge in [-0.1, -0.05) is 0 Å². The van der Waals surface area contributed by atoms with Gasteiger partial charge in [0.2, 0.25) is 5.91 Å². The second kappa shape index (κ2) is 6.24.